The van der Waals surface area contributed by atoms with E-state index in [2.05, 4.69) is 15.6 Å². The highest BCUT2D eigenvalue weighted by Gasteiger charge is 1.98. The third-order valence-electron chi connectivity index (χ3n) is 1.48. The maximum Gasteiger partial charge on any atom is 0.315 e. The van der Waals surface area contributed by atoms with Crippen LogP contribution in [0, 0.1) is 0 Å². The monoisotopic (exact) mass is 192 g/mol. The van der Waals surface area contributed by atoms with E-state index >= 15 is 0 Å². The van der Waals surface area contributed by atoms with Crippen LogP contribution in [0.3, 0.4) is 0 Å². The van der Waals surface area contributed by atoms with E-state index in [4.69, 9.17) is 0 Å². The van der Waals surface area contributed by atoms with Crippen molar-refractivity contribution in [3.63, 3.8) is 0 Å². The smallest absolute Gasteiger partial charge is 0.315 e. The molecule has 2 N–H and O–H groups in total. The Morgan fingerprint density at radius 3 is 2.93 bits per heavy atom. The normalized spacial score (nSPS) is 9.14. The predicted octanol–water partition coefficient (Wildman–Crippen LogP) is -0.00950. The van der Waals surface area contributed by atoms with Crippen molar-refractivity contribution < 1.29 is 9.59 Å². The van der Waals surface area contributed by atoms with E-state index < -0.39 is 6.03 Å². The number of rotatable bonds is 4. The minimum atomic E-state index is -0.404. The van der Waals surface area contributed by atoms with Crippen molar-refractivity contribution in [1.29, 1.82) is 0 Å². The van der Waals surface area contributed by atoms with Crippen LogP contribution in [0.2, 0.25) is 0 Å². The summed E-state index contributed by atoms with van der Waals surface area (Å²) in [6.45, 7) is 0.236. The second kappa shape index (κ2) is 5.69. The van der Waals surface area contributed by atoms with Crippen molar-refractivity contribution in [3.8, 4) is 0 Å². The quantitative estimate of drug-likeness (QED) is 0.704. The summed E-state index contributed by atoms with van der Waals surface area (Å²) < 4.78 is 0. The van der Waals surface area contributed by atoms with Gasteiger partial charge >= 0.3 is 6.03 Å². The molecule has 0 bridgehead atoms. The highest BCUT2D eigenvalue weighted by atomic mass is 16.2. The van der Waals surface area contributed by atoms with Gasteiger partial charge in [0.25, 0.3) is 0 Å². The number of nitrogens with one attached hydrogen (secondary N) is 2. The Labute approximate surface area is 81.5 Å². The van der Waals surface area contributed by atoms with Gasteiger partial charge in [-0.2, -0.15) is 0 Å². The fraction of sp³-hybridized carbons (Fsp3) is 0.222. The Morgan fingerprint density at radius 1 is 1.43 bits per heavy atom. The summed E-state index contributed by atoms with van der Waals surface area (Å²) in [6, 6.07) is 5.03. The lowest BCUT2D eigenvalue weighted by Gasteiger charge is -2.03. The van der Waals surface area contributed by atoms with Gasteiger partial charge < -0.3 is 10.6 Å². The first-order valence-corrected chi connectivity index (χ1v) is 4.09. The van der Waals surface area contributed by atoms with E-state index in [1.54, 1.807) is 24.6 Å². The van der Waals surface area contributed by atoms with Crippen molar-refractivity contribution in [2.75, 3.05) is 6.54 Å². The van der Waals surface area contributed by atoms with Crippen molar-refractivity contribution in [1.82, 2.24) is 15.6 Å². The number of nitrogens with zero attached hydrogens (tertiary/aromatic N) is 1. The van der Waals surface area contributed by atoms with Gasteiger partial charge in [-0.05, 0) is 12.1 Å². The molecule has 0 fully saturated rings. The summed E-state index contributed by atoms with van der Waals surface area (Å²) in [4.78, 5) is 24.8. The van der Waals surface area contributed by atoms with E-state index in [1.165, 1.54) is 0 Å². The second-order valence-corrected chi connectivity index (χ2v) is 2.50. The number of hydrogen-bond acceptors (Lipinski definition) is 3. The van der Waals surface area contributed by atoms with Crippen LogP contribution in [0.5, 0.6) is 0 Å². The number of amides is 2. The Kier molecular flexibility index (Phi) is 4.13. The summed E-state index contributed by atoms with van der Waals surface area (Å²) in [5, 5.41) is 4.84. The molecule has 73 valence electrons. The fourth-order valence-corrected chi connectivity index (χ4v) is 0.852. The topological polar surface area (TPSA) is 71.1 Å². The molecule has 1 aromatic heterocycles. The minimum Gasteiger partial charge on any atom is -0.333 e. The fourth-order valence-electron chi connectivity index (χ4n) is 0.852. The van der Waals surface area contributed by atoms with Gasteiger partial charge in [-0.1, -0.05) is 6.07 Å². The highest BCUT2D eigenvalue weighted by molar-refractivity contribution is 5.76. The number of pyridine rings is 1. The molecule has 1 aromatic rings. The number of aromatic nitrogens is 1. The zero-order valence-corrected chi connectivity index (χ0v) is 7.49. The van der Waals surface area contributed by atoms with Gasteiger partial charge in [-0.15, -0.1) is 0 Å². The van der Waals surface area contributed by atoms with Crippen molar-refractivity contribution >= 4 is 12.3 Å². The molecule has 0 unspecified atom stereocenters. The van der Waals surface area contributed by atoms with Gasteiger partial charge in [0.1, 0.15) is 0 Å². The van der Waals surface area contributed by atoms with Crippen molar-refractivity contribution in [2.45, 2.75) is 6.54 Å². The number of urea groups is 1. The number of carbonyl (C=O) groups is 1. The highest BCUT2D eigenvalue weighted by Crippen LogP contribution is 1.91. The van der Waals surface area contributed by atoms with Crippen LogP contribution in [0.4, 0.5) is 4.79 Å². The Morgan fingerprint density at radius 2 is 2.29 bits per heavy atom. The molecular formula is C9H10N3O2. The van der Waals surface area contributed by atoms with Crippen LogP contribution in [0.25, 0.3) is 0 Å². The zero-order chi connectivity index (χ0) is 10.2. The molecule has 1 heterocycles. The zero-order valence-electron chi connectivity index (χ0n) is 7.49. The first-order valence-electron chi connectivity index (χ1n) is 4.09. The summed E-state index contributed by atoms with van der Waals surface area (Å²) in [7, 11) is 0. The molecule has 0 saturated heterocycles. The predicted molar refractivity (Wildman–Crippen MR) is 50.2 cm³/mol. The Bertz CT molecular complexity index is 300. The first kappa shape index (κ1) is 10.2. The Hall–Kier alpha value is -1.91. The van der Waals surface area contributed by atoms with E-state index in [-0.39, 0.29) is 6.54 Å². The summed E-state index contributed by atoms with van der Waals surface area (Å²) in [6.07, 6.45) is 3.21. The maximum absolute atomic E-state index is 10.9. The van der Waals surface area contributed by atoms with Crippen LogP contribution in [0.1, 0.15) is 5.69 Å². The summed E-state index contributed by atoms with van der Waals surface area (Å²) in [5.74, 6) is 0. The average Bonchev–Trinajstić information content (AvgIpc) is 2.25. The molecule has 14 heavy (non-hydrogen) atoms. The Balaban J connectivity index is 2.27. The van der Waals surface area contributed by atoms with Crippen LogP contribution in [-0.2, 0) is 11.3 Å². The van der Waals surface area contributed by atoms with Crippen LogP contribution in [0.15, 0.2) is 24.4 Å². The van der Waals surface area contributed by atoms with Crippen molar-refractivity contribution in [2.24, 2.45) is 0 Å². The molecule has 0 saturated carbocycles. The lowest BCUT2D eigenvalue weighted by Crippen LogP contribution is -2.36. The minimum absolute atomic E-state index is 0.103. The molecule has 0 aromatic carbocycles. The molecule has 0 atom stereocenters. The van der Waals surface area contributed by atoms with Crippen LogP contribution in [-0.4, -0.2) is 23.8 Å². The van der Waals surface area contributed by atoms with E-state index in [0.717, 1.165) is 5.69 Å². The largest absolute Gasteiger partial charge is 0.333 e. The molecule has 0 aliphatic heterocycles. The standard InChI is InChI=1S/C9H10N3O2/c13-6-5-11-9(14)12-7-8-3-1-2-4-10-8/h1-4H,5,7H2,(H2,11,12,14). The molecule has 0 aliphatic rings. The number of carbonyl (C=O) groups excluding carboxylic acids is 2. The lowest BCUT2D eigenvalue weighted by molar-refractivity contribution is 0.241. The summed E-state index contributed by atoms with van der Waals surface area (Å²) in [5.41, 5.74) is 0.762. The molecule has 1 radical (unpaired) electrons. The molecule has 0 spiro atoms. The van der Waals surface area contributed by atoms with Gasteiger partial charge in [-0.25, -0.2) is 4.79 Å². The molecule has 0 aliphatic carbocycles. The van der Waals surface area contributed by atoms with E-state index in [9.17, 15) is 9.59 Å². The van der Waals surface area contributed by atoms with E-state index in [0.29, 0.717) is 6.54 Å². The van der Waals surface area contributed by atoms with Crippen LogP contribution >= 0.6 is 0 Å². The van der Waals surface area contributed by atoms with Gasteiger partial charge in [0.15, 0.2) is 0 Å². The lowest BCUT2D eigenvalue weighted by atomic mass is 10.3. The van der Waals surface area contributed by atoms with Gasteiger partial charge in [0.2, 0.25) is 6.29 Å². The molecule has 2 amide bonds. The van der Waals surface area contributed by atoms with Crippen LogP contribution < -0.4 is 10.6 Å². The first-order chi connectivity index (χ1) is 6.83. The second-order valence-electron chi connectivity index (χ2n) is 2.50. The SMILES string of the molecule is O=[C]CNC(=O)NCc1ccccn1. The third kappa shape index (κ3) is 3.66. The molecule has 1 rings (SSSR count). The molecule has 5 nitrogen and oxygen atoms in total. The molecule has 5 heteroatoms. The summed E-state index contributed by atoms with van der Waals surface area (Å²) >= 11 is 0. The van der Waals surface area contributed by atoms with Crippen molar-refractivity contribution in [3.05, 3.63) is 30.1 Å². The molecular weight excluding hydrogens is 182 g/mol. The average molecular weight is 192 g/mol. The van der Waals surface area contributed by atoms with Gasteiger partial charge in [-0.3, -0.25) is 9.78 Å². The van der Waals surface area contributed by atoms with Gasteiger partial charge in [0.05, 0.1) is 18.8 Å². The van der Waals surface area contributed by atoms with Gasteiger partial charge in [0, 0.05) is 6.20 Å². The maximum atomic E-state index is 10.9. The number of hydrogen-bond donors (Lipinski definition) is 2. The third-order valence-corrected chi connectivity index (χ3v) is 1.48. The van der Waals surface area contributed by atoms with E-state index in [1.807, 2.05) is 6.07 Å².